The highest BCUT2D eigenvalue weighted by molar-refractivity contribution is 9.10. The van der Waals surface area contributed by atoms with Crippen molar-refractivity contribution >= 4 is 15.9 Å². The molecular formula is C16H17BrFNO. The Hall–Kier alpha value is -1.39. The molecule has 0 amide bonds. The fourth-order valence-electron chi connectivity index (χ4n) is 1.77. The zero-order chi connectivity index (χ0) is 14.5. The van der Waals surface area contributed by atoms with Crippen LogP contribution in [-0.4, -0.2) is 6.04 Å². The topological polar surface area (TPSA) is 21.3 Å². The van der Waals surface area contributed by atoms with E-state index in [-0.39, 0.29) is 11.6 Å². The molecule has 0 fully saturated rings. The normalized spacial score (nSPS) is 10.8. The molecule has 2 aromatic carbocycles. The second kappa shape index (κ2) is 6.86. The van der Waals surface area contributed by atoms with Crippen molar-refractivity contribution in [2.45, 2.75) is 26.4 Å². The highest BCUT2D eigenvalue weighted by Gasteiger charge is 2.11. The van der Waals surface area contributed by atoms with Crippen molar-refractivity contribution in [2.75, 3.05) is 0 Å². The van der Waals surface area contributed by atoms with Gasteiger partial charge in [-0.25, -0.2) is 4.39 Å². The van der Waals surface area contributed by atoms with Gasteiger partial charge in [-0.2, -0.15) is 0 Å². The number of benzene rings is 2. The molecule has 2 nitrogen and oxygen atoms in total. The number of halogens is 2. The van der Waals surface area contributed by atoms with Crippen LogP contribution in [0.1, 0.15) is 19.4 Å². The Morgan fingerprint density at radius 1 is 1.20 bits per heavy atom. The lowest BCUT2D eigenvalue weighted by atomic mass is 10.2. The number of rotatable bonds is 5. The van der Waals surface area contributed by atoms with Crippen molar-refractivity contribution < 1.29 is 9.13 Å². The van der Waals surface area contributed by atoms with Crippen molar-refractivity contribution in [2.24, 2.45) is 0 Å². The summed E-state index contributed by atoms with van der Waals surface area (Å²) in [5.74, 6) is 0.530. The number of para-hydroxylation sites is 1. The summed E-state index contributed by atoms with van der Waals surface area (Å²) in [5.41, 5.74) is 0.804. The van der Waals surface area contributed by atoms with Gasteiger partial charge in [0.1, 0.15) is 5.75 Å². The first kappa shape index (κ1) is 15.0. The Bertz CT molecular complexity index is 586. The second-order valence-electron chi connectivity index (χ2n) is 4.82. The molecule has 0 bridgehead atoms. The Morgan fingerprint density at radius 2 is 1.95 bits per heavy atom. The monoisotopic (exact) mass is 337 g/mol. The predicted octanol–water partition coefficient (Wildman–Crippen LogP) is 4.88. The molecule has 1 N–H and O–H groups in total. The summed E-state index contributed by atoms with van der Waals surface area (Å²) in [6, 6.07) is 12.7. The molecular weight excluding hydrogens is 321 g/mol. The van der Waals surface area contributed by atoms with Gasteiger partial charge < -0.3 is 10.1 Å². The lowest BCUT2D eigenvalue weighted by Crippen LogP contribution is -2.22. The highest BCUT2D eigenvalue weighted by atomic mass is 79.9. The summed E-state index contributed by atoms with van der Waals surface area (Å²) in [4.78, 5) is 0. The van der Waals surface area contributed by atoms with Gasteiger partial charge in [0.2, 0.25) is 0 Å². The maximum atomic E-state index is 14.0. The Morgan fingerprint density at radius 3 is 2.65 bits per heavy atom. The van der Waals surface area contributed by atoms with E-state index in [9.17, 15) is 4.39 Å². The van der Waals surface area contributed by atoms with Crippen molar-refractivity contribution in [3.05, 3.63) is 58.3 Å². The van der Waals surface area contributed by atoms with Crippen molar-refractivity contribution in [3.63, 3.8) is 0 Å². The third kappa shape index (κ3) is 4.05. The predicted molar refractivity (Wildman–Crippen MR) is 82.6 cm³/mol. The van der Waals surface area contributed by atoms with Crippen LogP contribution in [0, 0.1) is 5.82 Å². The fraction of sp³-hybridized carbons (Fsp3) is 0.250. The smallest absolute Gasteiger partial charge is 0.167 e. The lowest BCUT2D eigenvalue weighted by Gasteiger charge is -2.14. The quantitative estimate of drug-likeness (QED) is 0.839. The summed E-state index contributed by atoms with van der Waals surface area (Å²) >= 11 is 3.38. The van der Waals surface area contributed by atoms with Crippen LogP contribution in [0.5, 0.6) is 11.5 Å². The van der Waals surface area contributed by atoms with E-state index < -0.39 is 0 Å². The largest absolute Gasteiger partial charge is 0.454 e. The third-order valence-electron chi connectivity index (χ3n) is 2.77. The molecule has 0 aliphatic carbocycles. The average Bonchev–Trinajstić information content (AvgIpc) is 2.39. The van der Waals surface area contributed by atoms with E-state index in [0.717, 1.165) is 10.0 Å². The van der Waals surface area contributed by atoms with Crippen LogP contribution in [0.25, 0.3) is 0 Å². The van der Waals surface area contributed by atoms with Crippen LogP contribution in [0.15, 0.2) is 46.9 Å². The van der Waals surface area contributed by atoms with Gasteiger partial charge in [0, 0.05) is 22.6 Å². The summed E-state index contributed by atoms with van der Waals surface area (Å²) in [6.45, 7) is 4.67. The third-order valence-corrected chi connectivity index (χ3v) is 3.26. The maximum Gasteiger partial charge on any atom is 0.167 e. The Kier molecular flexibility index (Phi) is 5.15. The van der Waals surface area contributed by atoms with E-state index in [1.165, 1.54) is 6.07 Å². The van der Waals surface area contributed by atoms with Crippen molar-refractivity contribution in [3.8, 4) is 11.5 Å². The summed E-state index contributed by atoms with van der Waals surface area (Å²) in [6.07, 6.45) is 0. The van der Waals surface area contributed by atoms with Crippen LogP contribution < -0.4 is 10.1 Å². The van der Waals surface area contributed by atoms with Crippen LogP contribution in [-0.2, 0) is 6.54 Å². The summed E-state index contributed by atoms with van der Waals surface area (Å²) in [7, 11) is 0. The molecule has 0 unspecified atom stereocenters. The molecule has 2 rings (SSSR count). The van der Waals surface area contributed by atoms with Crippen LogP contribution in [0.3, 0.4) is 0 Å². The molecule has 0 aliphatic rings. The van der Waals surface area contributed by atoms with Gasteiger partial charge >= 0.3 is 0 Å². The van der Waals surface area contributed by atoms with Crippen LogP contribution in [0.4, 0.5) is 4.39 Å². The lowest BCUT2D eigenvalue weighted by molar-refractivity contribution is 0.431. The van der Waals surface area contributed by atoms with Gasteiger partial charge in [-0.1, -0.05) is 48.0 Å². The van der Waals surface area contributed by atoms with Gasteiger partial charge in [0.05, 0.1) is 0 Å². The molecule has 2 aromatic rings. The van der Waals surface area contributed by atoms with Gasteiger partial charge in [0.15, 0.2) is 11.6 Å². The van der Waals surface area contributed by atoms with Gasteiger partial charge in [-0.15, -0.1) is 0 Å². The molecule has 0 aliphatic heterocycles. The van der Waals surface area contributed by atoms with Crippen LogP contribution in [0.2, 0.25) is 0 Å². The van der Waals surface area contributed by atoms with E-state index in [1.807, 2.05) is 38.1 Å². The number of ether oxygens (including phenoxy) is 1. The standard InChI is InChI=1S/C16H17BrFNO/c1-11(2)19-10-12-5-3-8-15(18)16(12)20-14-7-4-6-13(17)9-14/h3-9,11,19H,10H2,1-2H3. The minimum Gasteiger partial charge on any atom is -0.454 e. The first-order valence-corrected chi connectivity index (χ1v) is 7.30. The molecule has 0 heterocycles. The molecule has 0 saturated heterocycles. The van der Waals surface area contributed by atoms with Crippen molar-refractivity contribution in [1.82, 2.24) is 5.32 Å². The van der Waals surface area contributed by atoms with E-state index in [4.69, 9.17) is 4.74 Å². The summed E-state index contributed by atoms with van der Waals surface area (Å²) < 4.78 is 20.6. The second-order valence-corrected chi connectivity index (χ2v) is 5.74. The van der Waals surface area contributed by atoms with Gasteiger partial charge in [-0.3, -0.25) is 0 Å². The maximum absolute atomic E-state index is 14.0. The Balaban J connectivity index is 2.25. The molecule has 4 heteroatoms. The SMILES string of the molecule is CC(C)NCc1cccc(F)c1Oc1cccc(Br)c1. The first-order chi connectivity index (χ1) is 9.56. The molecule has 106 valence electrons. The highest BCUT2D eigenvalue weighted by Crippen LogP contribution is 2.29. The van der Waals surface area contributed by atoms with E-state index in [1.54, 1.807) is 12.1 Å². The minimum absolute atomic E-state index is 0.277. The zero-order valence-corrected chi connectivity index (χ0v) is 13.1. The average molecular weight is 338 g/mol. The van der Waals surface area contributed by atoms with Crippen LogP contribution >= 0.6 is 15.9 Å². The molecule has 0 saturated carbocycles. The van der Waals surface area contributed by atoms with E-state index in [0.29, 0.717) is 18.3 Å². The van der Waals surface area contributed by atoms with E-state index >= 15 is 0 Å². The number of hydrogen-bond donors (Lipinski definition) is 1. The zero-order valence-electron chi connectivity index (χ0n) is 11.5. The fourth-order valence-corrected chi connectivity index (χ4v) is 2.15. The van der Waals surface area contributed by atoms with Crippen molar-refractivity contribution in [1.29, 1.82) is 0 Å². The number of nitrogens with one attached hydrogen (secondary N) is 1. The van der Waals surface area contributed by atoms with Gasteiger partial charge in [-0.05, 0) is 24.3 Å². The number of hydrogen-bond acceptors (Lipinski definition) is 2. The first-order valence-electron chi connectivity index (χ1n) is 6.50. The summed E-state index contributed by atoms with van der Waals surface area (Å²) in [5, 5.41) is 3.27. The Labute approximate surface area is 127 Å². The minimum atomic E-state index is -0.354. The van der Waals surface area contributed by atoms with Gasteiger partial charge in [0.25, 0.3) is 0 Å². The molecule has 0 radical (unpaired) electrons. The van der Waals surface area contributed by atoms with E-state index in [2.05, 4.69) is 21.2 Å². The molecule has 0 aromatic heterocycles. The molecule has 0 spiro atoms. The molecule has 20 heavy (non-hydrogen) atoms. The molecule has 0 atom stereocenters.